The molecule has 1 aromatic carbocycles. The number of halogens is 2. The van der Waals surface area contributed by atoms with Crippen molar-refractivity contribution in [1.29, 1.82) is 0 Å². The number of hydrogen-bond acceptors (Lipinski definition) is 1. The number of guanidine groups is 1. The number of rotatable bonds is 6. The number of hydrogen-bond donors (Lipinski definition) is 2. The van der Waals surface area contributed by atoms with Crippen LogP contribution in [0.3, 0.4) is 0 Å². The lowest BCUT2D eigenvalue weighted by molar-refractivity contribution is 0.570. The van der Waals surface area contributed by atoms with Gasteiger partial charge < -0.3 is 10.6 Å². The number of aliphatic imine (C=N–C) groups is 1. The van der Waals surface area contributed by atoms with Crippen molar-refractivity contribution in [2.45, 2.75) is 26.7 Å². The lowest BCUT2D eigenvalue weighted by atomic mass is 10.1. The summed E-state index contributed by atoms with van der Waals surface area (Å²) >= 11 is 0. The molecule has 0 spiro atoms. The number of nitrogens with one attached hydrogen (secondary N) is 2. The van der Waals surface area contributed by atoms with Crippen LogP contribution in [-0.4, -0.2) is 25.6 Å². The first-order valence-electron chi connectivity index (χ1n) is 6.63. The Bertz CT molecular complexity index is 419. The molecule has 19 heavy (non-hydrogen) atoms. The predicted molar refractivity (Wildman–Crippen MR) is 74.3 cm³/mol. The molecule has 0 aliphatic rings. The fourth-order valence-corrected chi connectivity index (χ4v) is 1.61. The fraction of sp³-hybridized carbons (Fsp3) is 0.500. The van der Waals surface area contributed by atoms with E-state index in [0.29, 0.717) is 18.5 Å². The molecular formula is C14H21F2N3. The fourth-order valence-electron chi connectivity index (χ4n) is 1.61. The molecule has 0 fully saturated rings. The van der Waals surface area contributed by atoms with Crippen LogP contribution in [0.5, 0.6) is 0 Å². The molecule has 0 aliphatic heterocycles. The van der Waals surface area contributed by atoms with Crippen LogP contribution in [0.1, 0.15) is 25.8 Å². The van der Waals surface area contributed by atoms with Crippen molar-refractivity contribution in [3.05, 3.63) is 35.4 Å². The minimum Gasteiger partial charge on any atom is -0.357 e. The molecule has 0 aliphatic carbocycles. The summed E-state index contributed by atoms with van der Waals surface area (Å²) in [5.74, 6) is -0.323. The zero-order valence-electron chi connectivity index (χ0n) is 11.5. The van der Waals surface area contributed by atoms with E-state index in [1.807, 2.05) is 6.92 Å². The predicted octanol–water partition coefficient (Wildman–Crippen LogP) is 2.47. The summed E-state index contributed by atoms with van der Waals surface area (Å²) in [6, 6.07) is 3.66. The topological polar surface area (TPSA) is 36.4 Å². The highest BCUT2D eigenvalue weighted by molar-refractivity contribution is 5.79. The largest absolute Gasteiger partial charge is 0.357 e. The Kier molecular flexibility index (Phi) is 6.85. The third-order valence-electron chi connectivity index (χ3n) is 2.54. The van der Waals surface area contributed by atoms with Crippen LogP contribution in [0.2, 0.25) is 0 Å². The van der Waals surface area contributed by atoms with Gasteiger partial charge >= 0.3 is 0 Å². The highest BCUT2D eigenvalue weighted by atomic mass is 19.1. The molecule has 1 aromatic rings. The van der Waals surface area contributed by atoms with E-state index in [1.165, 1.54) is 12.1 Å². The van der Waals surface area contributed by atoms with Crippen molar-refractivity contribution in [3.63, 3.8) is 0 Å². The third kappa shape index (κ3) is 5.68. The van der Waals surface area contributed by atoms with Crippen molar-refractivity contribution >= 4 is 5.96 Å². The average Bonchev–Trinajstić information content (AvgIpc) is 2.38. The Morgan fingerprint density at radius 1 is 1.21 bits per heavy atom. The summed E-state index contributed by atoms with van der Waals surface area (Å²) in [6.07, 6.45) is 1.46. The van der Waals surface area contributed by atoms with Crippen molar-refractivity contribution in [1.82, 2.24) is 10.6 Å². The smallest absolute Gasteiger partial charge is 0.191 e. The average molecular weight is 269 g/mol. The molecule has 0 atom stereocenters. The molecule has 1 rings (SSSR count). The Balaban J connectivity index is 2.47. The Morgan fingerprint density at radius 2 is 2.00 bits per heavy atom. The van der Waals surface area contributed by atoms with Gasteiger partial charge in [-0.1, -0.05) is 13.0 Å². The SMILES string of the molecule is CCCN=C(NCC)NCCc1ccc(F)cc1F. The van der Waals surface area contributed by atoms with Crippen molar-refractivity contribution in [3.8, 4) is 0 Å². The molecule has 3 nitrogen and oxygen atoms in total. The van der Waals surface area contributed by atoms with Crippen LogP contribution in [0.15, 0.2) is 23.2 Å². The molecule has 5 heteroatoms. The Morgan fingerprint density at radius 3 is 2.63 bits per heavy atom. The second-order valence-corrected chi connectivity index (χ2v) is 4.17. The van der Waals surface area contributed by atoms with Gasteiger partial charge in [-0.2, -0.15) is 0 Å². The standard InChI is InChI=1S/C14H21F2N3/c1-3-8-18-14(17-4-2)19-9-7-11-5-6-12(15)10-13(11)16/h5-6,10H,3-4,7-9H2,1-2H3,(H2,17,18,19). The van der Waals surface area contributed by atoms with E-state index < -0.39 is 11.6 Å². The lowest BCUT2D eigenvalue weighted by Crippen LogP contribution is -2.38. The Hall–Kier alpha value is -1.65. The van der Waals surface area contributed by atoms with Gasteiger partial charge in [-0.15, -0.1) is 0 Å². The van der Waals surface area contributed by atoms with E-state index in [9.17, 15) is 8.78 Å². The van der Waals surface area contributed by atoms with Crippen LogP contribution in [0.4, 0.5) is 8.78 Å². The maximum absolute atomic E-state index is 13.4. The molecule has 0 amide bonds. The molecule has 0 bridgehead atoms. The zero-order chi connectivity index (χ0) is 14.1. The van der Waals surface area contributed by atoms with Gasteiger partial charge in [0.05, 0.1) is 0 Å². The first-order valence-corrected chi connectivity index (χ1v) is 6.63. The van der Waals surface area contributed by atoms with Crippen LogP contribution in [0, 0.1) is 11.6 Å². The van der Waals surface area contributed by atoms with Crippen molar-refractivity contribution in [2.24, 2.45) is 4.99 Å². The van der Waals surface area contributed by atoms with Gasteiger partial charge in [-0.25, -0.2) is 8.78 Å². The second-order valence-electron chi connectivity index (χ2n) is 4.17. The summed E-state index contributed by atoms with van der Waals surface area (Å²) in [6.45, 7) is 6.13. The minimum absolute atomic E-state index is 0.489. The van der Waals surface area contributed by atoms with Gasteiger partial charge in [0, 0.05) is 25.7 Å². The van der Waals surface area contributed by atoms with Gasteiger partial charge in [0.1, 0.15) is 11.6 Å². The molecule has 0 heterocycles. The van der Waals surface area contributed by atoms with E-state index in [2.05, 4.69) is 22.5 Å². The van der Waals surface area contributed by atoms with Crippen LogP contribution >= 0.6 is 0 Å². The highest BCUT2D eigenvalue weighted by Gasteiger charge is 2.04. The summed E-state index contributed by atoms with van der Waals surface area (Å²) in [4.78, 5) is 4.34. The van der Waals surface area contributed by atoms with Gasteiger partial charge in [0.2, 0.25) is 0 Å². The van der Waals surface area contributed by atoms with E-state index >= 15 is 0 Å². The van der Waals surface area contributed by atoms with E-state index in [0.717, 1.165) is 31.5 Å². The summed E-state index contributed by atoms with van der Waals surface area (Å²) in [5.41, 5.74) is 0.500. The van der Waals surface area contributed by atoms with Gasteiger partial charge in [-0.3, -0.25) is 4.99 Å². The van der Waals surface area contributed by atoms with Crippen LogP contribution < -0.4 is 10.6 Å². The Labute approximate surface area is 113 Å². The van der Waals surface area contributed by atoms with E-state index in [1.54, 1.807) is 0 Å². The van der Waals surface area contributed by atoms with Gasteiger partial charge in [-0.05, 0) is 31.4 Å². The van der Waals surface area contributed by atoms with Crippen LogP contribution in [0.25, 0.3) is 0 Å². The van der Waals surface area contributed by atoms with E-state index in [4.69, 9.17) is 0 Å². The van der Waals surface area contributed by atoms with Gasteiger partial charge in [0.15, 0.2) is 5.96 Å². The lowest BCUT2D eigenvalue weighted by Gasteiger charge is -2.11. The minimum atomic E-state index is -0.549. The summed E-state index contributed by atoms with van der Waals surface area (Å²) in [7, 11) is 0. The highest BCUT2D eigenvalue weighted by Crippen LogP contribution is 2.09. The molecule has 0 unspecified atom stereocenters. The molecule has 0 saturated heterocycles. The second kappa shape index (κ2) is 8.45. The van der Waals surface area contributed by atoms with Gasteiger partial charge in [0.25, 0.3) is 0 Å². The van der Waals surface area contributed by atoms with Crippen molar-refractivity contribution < 1.29 is 8.78 Å². The molecular weight excluding hydrogens is 248 g/mol. The summed E-state index contributed by atoms with van der Waals surface area (Å²) in [5, 5.41) is 6.24. The van der Waals surface area contributed by atoms with Crippen molar-refractivity contribution in [2.75, 3.05) is 19.6 Å². The molecule has 2 N–H and O–H groups in total. The molecule has 0 aromatic heterocycles. The maximum Gasteiger partial charge on any atom is 0.191 e. The summed E-state index contributed by atoms with van der Waals surface area (Å²) < 4.78 is 26.2. The molecule has 106 valence electrons. The first kappa shape index (κ1) is 15.4. The monoisotopic (exact) mass is 269 g/mol. The van der Waals surface area contributed by atoms with E-state index in [-0.39, 0.29) is 0 Å². The van der Waals surface area contributed by atoms with Crippen LogP contribution in [-0.2, 0) is 6.42 Å². The number of nitrogens with zero attached hydrogens (tertiary/aromatic N) is 1. The molecule has 0 radical (unpaired) electrons. The zero-order valence-corrected chi connectivity index (χ0v) is 11.5. The number of benzene rings is 1. The normalized spacial score (nSPS) is 11.5. The first-order chi connectivity index (χ1) is 9.17. The quantitative estimate of drug-likeness (QED) is 0.615. The maximum atomic E-state index is 13.4. The molecule has 0 saturated carbocycles. The third-order valence-corrected chi connectivity index (χ3v) is 2.54.